The van der Waals surface area contributed by atoms with E-state index in [0.717, 1.165) is 51.0 Å². The lowest BCUT2D eigenvalue weighted by atomic mass is 9.98. The summed E-state index contributed by atoms with van der Waals surface area (Å²) in [6.45, 7) is 4.30. The number of nitrogens with zero attached hydrogens (tertiary/aromatic N) is 5. The molecule has 1 aliphatic heterocycles. The lowest BCUT2D eigenvalue weighted by molar-refractivity contribution is 0.171. The van der Waals surface area contributed by atoms with Crippen LogP contribution in [0.4, 0.5) is 0 Å². The molecular weight excluding hydrogens is 352 g/mol. The van der Waals surface area contributed by atoms with Crippen LogP contribution in [0.15, 0.2) is 36.7 Å². The molecule has 0 unspecified atom stereocenters. The Morgan fingerprint density at radius 3 is 2.81 bits per heavy atom. The number of aryl methyl sites for hydroxylation is 1. The lowest BCUT2D eigenvalue weighted by Gasteiger charge is -2.32. The van der Waals surface area contributed by atoms with E-state index in [1.807, 2.05) is 30.3 Å². The van der Waals surface area contributed by atoms with E-state index in [-0.39, 0.29) is 5.75 Å². The molecule has 3 rings (SSSR count). The number of likely N-dealkylation sites (tertiary alicyclic amines) is 1. The van der Waals surface area contributed by atoms with Crippen LogP contribution in [0, 0.1) is 5.92 Å². The summed E-state index contributed by atoms with van der Waals surface area (Å²) in [5.41, 5.74) is 0.813. The molecule has 0 aliphatic carbocycles. The van der Waals surface area contributed by atoms with Crippen LogP contribution < -0.4 is 4.72 Å². The normalized spacial score (nSPS) is 18.8. The molecule has 26 heavy (non-hydrogen) atoms. The number of hydrogen-bond acceptors (Lipinski definition) is 6. The summed E-state index contributed by atoms with van der Waals surface area (Å²) in [6.07, 6.45) is 4.78. The van der Waals surface area contributed by atoms with Crippen molar-refractivity contribution in [1.82, 2.24) is 29.8 Å². The number of aromatic nitrogens is 4. The first-order chi connectivity index (χ1) is 12.6. The van der Waals surface area contributed by atoms with Crippen LogP contribution >= 0.6 is 0 Å². The van der Waals surface area contributed by atoms with E-state index in [1.165, 1.54) is 0 Å². The van der Waals surface area contributed by atoms with E-state index in [2.05, 4.69) is 25.1 Å². The van der Waals surface area contributed by atoms with Crippen molar-refractivity contribution in [3.63, 3.8) is 0 Å². The summed E-state index contributed by atoms with van der Waals surface area (Å²) in [4.78, 5) is 2.41. The Morgan fingerprint density at radius 1 is 1.19 bits per heavy atom. The second kappa shape index (κ2) is 9.20. The molecule has 1 N–H and O–H groups in total. The van der Waals surface area contributed by atoms with Gasteiger partial charge in [-0.25, -0.2) is 17.8 Å². The molecule has 1 saturated heterocycles. The predicted molar refractivity (Wildman–Crippen MR) is 98.7 cm³/mol. The molecule has 142 valence electrons. The van der Waals surface area contributed by atoms with Gasteiger partial charge in [-0.15, -0.1) is 5.10 Å². The highest BCUT2D eigenvalue weighted by Crippen LogP contribution is 2.16. The van der Waals surface area contributed by atoms with E-state index < -0.39 is 10.0 Å². The maximum Gasteiger partial charge on any atom is 0.215 e. The Hall–Kier alpha value is -1.84. The van der Waals surface area contributed by atoms with Crippen molar-refractivity contribution < 1.29 is 8.42 Å². The third kappa shape index (κ3) is 6.15. The van der Waals surface area contributed by atoms with E-state index in [1.54, 1.807) is 11.0 Å². The molecule has 9 heteroatoms. The van der Waals surface area contributed by atoms with Crippen molar-refractivity contribution in [3.05, 3.63) is 42.2 Å². The zero-order valence-electron chi connectivity index (χ0n) is 14.9. The van der Waals surface area contributed by atoms with Crippen molar-refractivity contribution >= 4 is 10.0 Å². The molecule has 1 aliphatic rings. The third-order valence-corrected chi connectivity index (χ3v) is 5.97. The van der Waals surface area contributed by atoms with Crippen LogP contribution in [-0.4, -0.2) is 59.7 Å². The Kier molecular flexibility index (Phi) is 6.70. The zero-order chi connectivity index (χ0) is 18.2. The monoisotopic (exact) mass is 378 g/mol. The summed E-state index contributed by atoms with van der Waals surface area (Å²) in [7, 11) is -3.29. The molecule has 0 spiro atoms. The smallest absolute Gasteiger partial charge is 0.215 e. The number of piperidine rings is 1. The standard InChI is InChI=1S/C17H26N6O2S/c24-26(25,14-16-6-2-1-3-7-16)19-12-17-8-4-9-22(13-17)10-5-11-23-15-18-20-21-23/h1-3,6-7,15,17,19H,4-5,8-14H2/t17-/m0/s1. The Bertz CT molecular complexity index is 751. The fourth-order valence-corrected chi connectivity index (χ4v) is 4.57. The van der Waals surface area contributed by atoms with E-state index >= 15 is 0 Å². The van der Waals surface area contributed by atoms with Crippen molar-refractivity contribution in [3.8, 4) is 0 Å². The summed E-state index contributed by atoms with van der Waals surface area (Å²) in [5, 5.41) is 11.1. The Labute approximate surface area is 154 Å². The summed E-state index contributed by atoms with van der Waals surface area (Å²) >= 11 is 0. The summed E-state index contributed by atoms with van der Waals surface area (Å²) in [5.74, 6) is 0.401. The SMILES string of the molecule is O=S(=O)(Cc1ccccc1)NC[C@@H]1CCCN(CCCn2cnnn2)C1. The molecule has 1 fully saturated rings. The first-order valence-corrected chi connectivity index (χ1v) is 10.7. The second-order valence-electron chi connectivity index (χ2n) is 6.83. The molecule has 0 radical (unpaired) electrons. The van der Waals surface area contributed by atoms with Gasteiger partial charge in [0, 0.05) is 19.6 Å². The fraction of sp³-hybridized carbons (Fsp3) is 0.588. The van der Waals surface area contributed by atoms with Gasteiger partial charge in [-0.1, -0.05) is 30.3 Å². The average Bonchev–Trinajstić information content (AvgIpc) is 3.15. The highest BCUT2D eigenvalue weighted by Gasteiger charge is 2.21. The van der Waals surface area contributed by atoms with Crippen LogP contribution in [0.1, 0.15) is 24.8 Å². The minimum Gasteiger partial charge on any atom is -0.303 e. The number of sulfonamides is 1. The van der Waals surface area contributed by atoms with Crippen LogP contribution in [0.5, 0.6) is 0 Å². The Morgan fingerprint density at radius 2 is 2.04 bits per heavy atom. The zero-order valence-corrected chi connectivity index (χ0v) is 15.7. The van der Waals surface area contributed by atoms with Gasteiger partial charge in [0.05, 0.1) is 5.75 Å². The molecule has 0 amide bonds. The molecule has 1 aromatic carbocycles. The predicted octanol–water partition coefficient (Wildman–Crippen LogP) is 0.895. The minimum atomic E-state index is -3.29. The first kappa shape index (κ1) is 18.9. The van der Waals surface area contributed by atoms with Gasteiger partial charge < -0.3 is 4.90 Å². The van der Waals surface area contributed by atoms with Crippen molar-refractivity contribution in [2.45, 2.75) is 31.6 Å². The fourth-order valence-electron chi connectivity index (χ4n) is 3.35. The molecule has 0 bridgehead atoms. The highest BCUT2D eigenvalue weighted by atomic mass is 32.2. The van der Waals surface area contributed by atoms with Gasteiger partial charge >= 0.3 is 0 Å². The maximum absolute atomic E-state index is 12.3. The van der Waals surface area contributed by atoms with Crippen LogP contribution in [0.3, 0.4) is 0 Å². The van der Waals surface area contributed by atoms with E-state index in [4.69, 9.17) is 0 Å². The van der Waals surface area contributed by atoms with Gasteiger partial charge in [0.2, 0.25) is 10.0 Å². The number of hydrogen-bond donors (Lipinski definition) is 1. The Balaban J connectivity index is 1.40. The van der Waals surface area contributed by atoms with Gasteiger partial charge in [-0.05, 0) is 54.3 Å². The van der Waals surface area contributed by atoms with Gasteiger partial charge in [-0.3, -0.25) is 0 Å². The molecule has 1 atom stereocenters. The van der Waals surface area contributed by atoms with Crippen LogP contribution in [-0.2, 0) is 22.3 Å². The van der Waals surface area contributed by atoms with Gasteiger partial charge in [0.1, 0.15) is 6.33 Å². The molecule has 8 nitrogen and oxygen atoms in total. The highest BCUT2D eigenvalue weighted by molar-refractivity contribution is 7.88. The lowest BCUT2D eigenvalue weighted by Crippen LogP contribution is -2.41. The van der Waals surface area contributed by atoms with E-state index in [0.29, 0.717) is 12.5 Å². The van der Waals surface area contributed by atoms with E-state index in [9.17, 15) is 8.42 Å². The molecule has 0 saturated carbocycles. The molecule has 1 aromatic heterocycles. The van der Waals surface area contributed by atoms with Crippen molar-refractivity contribution in [2.24, 2.45) is 5.92 Å². The van der Waals surface area contributed by atoms with Crippen LogP contribution in [0.25, 0.3) is 0 Å². The number of tetrazole rings is 1. The molecule has 2 aromatic rings. The van der Waals surface area contributed by atoms with Crippen LogP contribution in [0.2, 0.25) is 0 Å². The minimum absolute atomic E-state index is 0.0379. The topological polar surface area (TPSA) is 93.0 Å². The average molecular weight is 379 g/mol. The third-order valence-electron chi connectivity index (χ3n) is 4.65. The number of benzene rings is 1. The second-order valence-corrected chi connectivity index (χ2v) is 8.64. The van der Waals surface area contributed by atoms with Gasteiger partial charge in [0.15, 0.2) is 0 Å². The number of rotatable bonds is 9. The largest absolute Gasteiger partial charge is 0.303 e. The maximum atomic E-state index is 12.3. The van der Waals surface area contributed by atoms with Gasteiger partial charge in [-0.2, -0.15) is 0 Å². The van der Waals surface area contributed by atoms with Gasteiger partial charge in [0.25, 0.3) is 0 Å². The molecular formula is C17H26N6O2S. The summed E-state index contributed by atoms with van der Waals surface area (Å²) in [6, 6.07) is 9.29. The first-order valence-electron chi connectivity index (χ1n) is 9.05. The number of nitrogens with one attached hydrogen (secondary N) is 1. The van der Waals surface area contributed by atoms with Crippen molar-refractivity contribution in [2.75, 3.05) is 26.2 Å². The summed E-state index contributed by atoms with van der Waals surface area (Å²) < 4.78 is 29.1. The molecule has 2 heterocycles. The quantitative estimate of drug-likeness (QED) is 0.697. The van der Waals surface area contributed by atoms with Crippen molar-refractivity contribution in [1.29, 1.82) is 0 Å².